The van der Waals surface area contributed by atoms with Crippen molar-refractivity contribution in [1.29, 1.82) is 0 Å². The van der Waals surface area contributed by atoms with Crippen molar-refractivity contribution in [3.05, 3.63) is 58.2 Å². The molecule has 0 saturated carbocycles. The number of rotatable bonds is 5. The fourth-order valence-electron chi connectivity index (χ4n) is 2.76. The molecule has 1 amide bonds. The number of hydrogen-bond donors (Lipinski definition) is 1. The molecular formula is C19H15ClF2N2O3S. The first kappa shape index (κ1) is 20.0. The second kappa shape index (κ2) is 8.12. The van der Waals surface area contributed by atoms with Gasteiger partial charge in [-0.05, 0) is 66.7 Å². The van der Waals surface area contributed by atoms with Crippen molar-refractivity contribution in [1.82, 2.24) is 5.32 Å². The van der Waals surface area contributed by atoms with Gasteiger partial charge in [0.05, 0.1) is 12.8 Å². The summed E-state index contributed by atoms with van der Waals surface area (Å²) >= 11 is 11.3. The van der Waals surface area contributed by atoms with E-state index >= 15 is 0 Å². The number of aryl methyl sites for hydroxylation is 1. The second-order valence-corrected chi connectivity index (χ2v) is 6.67. The lowest BCUT2D eigenvalue weighted by atomic mass is 10.1. The summed E-state index contributed by atoms with van der Waals surface area (Å²) in [4.78, 5) is 14.2. The Labute approximate surface area is 170 Å². The van der Waals surface area contributed by atoms with Crippen LogP contribution in [0.25, 0.3) is 6.08 Å². The Balaban J connectivity index is 1.91. The van der Waals surface area contributed by atoms with Crippen LogP contribution in [-0.2, 0) is 4.79 Å². The molecule has 1 aliphatic rings. The maximum atomic E-state index is 12.8. The molecule has 146 valence electrons. The maximum Gasteiger partial charge on any atom is 0.387 e. The Morgan fingerprint density at radius 2 is 1.96 bits per heavy atom. The van der Waals surface area contributed by atoms with Crippen LogP contribution in [-0.4, -0.2) is 24.7 Å². The second-order valence-electron chi connectivity index (χ2n) is 5.85. The molecule has 0 aliphatic carbocycles. The predicted octanol–water partition coefficient (Wildman–Crippen LogP) is 4.52. The highest BCUT2D eigenvalue weighted by atomic mass is 35.5. The van der Waals surface area contributed by atoms with Gasteiger partial charge in [-0.25, -0.2) is 0 Å². The zero-order valence-corrected chi connectivity index (χ0v) is 16.4. The molecule has 5 nitrogen and oxygen atoms in total. The number of benzene rings is 2. The van der Waals surface area contributed by atoms with Gasteiger partial charge in [-0.3, -0.25) is 9.69 Å². The Morgan fingerprint density at radius 3 is 2.61 bits per heavy atom. The van der Waals surface area contributed by atoms with Crippen LogP contribution in [0, 0.1) is 6.92 Å². The minimum absolute atomic E-state index is 0.0979. The molecular weight excluding hydrogens is 410 g/mol. The number of carbonyl (C=O) groups excluding carboxylic acids is 1. The van der Waals surface area contributed by atoms with Gasteiger partial charge >= 0.3 is 6.61 Å². The molecule has 0 bridgehead atoms. The standard InChI is InChI=1S/C19H15ClF2N2O3S/c1-10-7-12(20)4-5-14(10)24-17(25)13(23-19(24)28)8-11-3-6-15(27-18(21)22)16(9-11)26-2/h3-9,18H,1-2H3,(H,23,28)/b13-8-. The van der Waals surface area contributed by atoms with E-state index in [-0.39, 0.29) is 28.2 Å². The zero-order chi connectivity index (χ0) is 20.4. The Bertz CT molecular complexity index is 982. The quantitative estimate of drug-likeness (QED) is 0.565. The number of halogens is 3. The molecule has 1 heterocycles. The fourth-order valence-corrected chi connectivity index (χ4v) is 3.28. The van der Waals surface area contributed by atoms with Crippen molar-refractivity contribution >= 4 is 46.6 Å². The highest BCUT2D eigenvalue weighted by Crippen LogP contribution is 2.31. The van der Waals surface area contributed by atoms with Crippen LogP contribution < -0.4 is 19.7 Å². The first-order valence-corrected chi connectivity index (χ1v) is 8.85. The van der Waals surface area contributed by atoms with Crippen LogP contribution in [0.3, 0.4) is 0 Å². The third kappa shape index (κ3) is 4.07. The molecule has 28 heavy (non-hydrogen) atoms. The van der Waals surface area contributed by atoms with Crippen LogP contribution in [0.4, 0.5) is 14.5 Å². The lowest BCUT2D eigenvalue weighted by Crippen LogP contribution is -2.30. The first-order chi connectivity index (χ1) is 13.3. The highest BCUT2D eigenvalue weighted by molar-refractivity contribution is 7.80. The topological polar surface area (TPSA) is 50.8 Å². The minimum atomic E-state index is -2.97. The van der Waals surface area contributed by atoms with Gasteiger partial charge in [0, 0.05) is 5.02 Å². The summed E-state index contributed by atoms with van der Waals surface area (Å²) in [5, 5.41) is 3.66. The van der Waals surface area contributed by atoms with Gasteiger partial charge in [0.15, 0.2) is 16.6 Å². The number of nitrogens with zero attached hydrogens (tertiary/aromatic N) is 1. The first-order valence-electron chi connectivity index (χ1n) is 8.06. The lowest BCUT2D eigenvalue weighted by molar-refractivity contribution is -0.113. The van der Waals surface area contributed by atoms with E-state index in [4.69, 9.17) is 28.6 Å². The number of anilines is 1. The van der Waals surface area contributed by atoms with Crippen molar-refractivity contribution in [2.45, 2.75) is 13.5 Å². The largest absolute Gasteiger partial charge is 0.493 e. The van der Waals surface area contributed by atoms with Crippen molar-refractivity contribution in [3.63, 3.8) is 0 Å². The molecule has 0 radical (unpaired) electrons. The third-order valence-corrected chi connectivity index (χ3v) is 4.51. The van der Waals surface area contributed by atoms with E-state index in [1.54, 1.807) is 24.3 Å². The van der Waals surface area contributed by atoms with Crippen LogP contribution >= 0.6 is 23.8 Å². The van der Waals surface area contributed by atoms with E-state index in [9.17, 15) is 13.6 Å². The number of amides is 1. The van der Waals surface area contributed by atoms with Crippen molar-refractivity contribution in [3.8, 4) is 11.5 Å². The third-order valence-electron chi connectivity index (χ3n) is 3.99. The molecule has 2 aromatic rings. The van der Waals surface area contributed by atoms with E-state index < -0.39 is 6.61 Å². The Morgan fingerprint density at radius 1 is 1.21 bits per heavy atom. The van der Waals surface area contributed by atoms with Gasteiger partial charge < -0.3 is 14.8 Å². The van der Waals surface area contributed by atoms with E-state index in [1.165, 1.54) is 30.2 Å². The van der Waals surface area contributed by atoms with Crippen LogP contribution in [0.5, 0.6) is 11.5 Å². The van der Waals surface area contributed by atoms with Gasteiger partial charge in [0.1, 0.15) is 5.70 Å². The number of thiocarbonyl (C=S) groups is 1. The van der Waals surface area contributed by atoms with Crippen molar-refractivity contribution in [2.75, 3.05) is 12.0 Å². The fraction of sp³-hybridized carbons (Fsp3) is 0.158. The summed E-state index contributed by atoms with van der Waals surface area (Å²) in [5.41, 5.74) is 2.20. The Hall–Kier alpha value is -2.71. The van der Waals surface area contributed by atoms with Gasteiger partial charge in [-0.2, -0.15) is 8.78 Å². The number of methoxy groups -OCH3 is 1. The summed E-state index contributed by atoms with van der Waals surface area (Å²) < 4.78 is 34.4. The normalized spacial score (nSPS) is 15.4. The molecule has 0 aromatic heterocycles. The van der Waals surface area contributed by atoms with E-state index in [0.717, 1.165) is 5.56 Å². The molecule has 2 aromatic carbocycles. The molecule has 0 atom stereocenters. The minimum Gasteiger partial charge on any atom is -0.493 e. The predicted molar refractivity (Wildman–Crippen MR) is 107 cm³/mol. The van der Waals surface area contributed by atoms with E-state index in [2.05, 4.69) is 10.1 Å². The molecule has 1 N–H and O–H groups in total. The number of carbonyl (C=O) groups is 1. The smallest absolute Gasteiger partial charge is 0.387 e. The van der Waals surface area contributed by atoms with Gasteiger partial charge in [0.2, 0.25) is 0 Å². The van der Waals surface area contributed by atoms with Crippen LogP contribution in [0.15, 0.2) is 42.1 Å². The number of nitrogens with one attached hydrogen (secondary N) is 1. The molecule has 1 saturated heterocycles. The zero-order valence-electron chi connectivity index (χ0n) is 14.8. The summed E-state index contributed by atoms with van der Waals surface area (Å²) in [6.07, 6.45) is 1.55. The van der Waals surface area contributed by atoms with Gasteiger partial charge in [-0.15, -0.1) is 0 Å². The van der Waals surface area contributed by atoms with E-state index in [0.29, 0.717) is 16.3 Å². The molecule has 1 fully saturated rings. The molecule has 9 heteroatoms. The van der Waals surface area contributed by atoms with Crippen molar-refractivity contribution < 1.29 is 23.0 Å². The molecule has 3 rings (SSSR count). The summed E-state index contributed by atoms with van der Waals surface area (Å²) in [6, 6.07) is 9.48. The van der Waals surface area contributed by atoms with E-state index in [1.807, 2.05) is 6.92 Å². The average Bonchev–Trinajstić information content (AvgIpc) is 2.90. The molecule has 0 spiro atoms. The monoisotopic (exact) mass is 424 g/mol. The van der Waals surface area contributed by atoms with Crippen molar-refractivity contribution in [2.24, 2.45) is 0 Å². The Kier molecular flexibility index (Phi) is 5.81. The molecule has 1 aliphatic heterocycles. The number of ether oxygens (including phenoxy) is 2. The maximum absolute atomic E-state index is 12.8. The lowest BCUT2D eigenvalue weighted by Gasteiger charge is -2.16. The van der Waals surface area contributed by atoms with Crippen LogP contribution in [0.1, 0.15) is 11.1 Å². The van der Waals surface area contributed by atoms with Crippen LogP contribution in [0.2, 0.25) is 5.02 Å². The average molecular weight is 425 g/mol. The SMILES string of the molecule is COc1cc(/C=C2\NC(=S)N(c3ccc(Cl)cc3C)C2=O)ccc1OC(F)F. The highest BCUT2D eigenvalue weighted by Gasteiger charge is 2.32. The molecule has 0 unspecified atom stereocenters. The van der Waals surface area contributed by atoms with Gasteiger partial charge in [0.25, 0.3) is 5.91 Å². The van der Waals surface area contributed by atoms with Gasteiger partial charge in [-0.1, -0.05) is 17.7 Å². The number of alkyl halides is 2. The number of hydrogen-bond acceptors (Lipinski definition) is 4. The summed E-state index contributed by atoms with van der Waals surface area (Å²) in [5.74, 6) is -0.324. The summed E-state index contributed by atoms with van der Waals surface area (Å²) in [7, 11) is 1.34. The summed E-state index contributed by atoms with van der Waals surface area (Å²) in [6.45, 7) is -1.14.